The van der Waals surface area contributed by atoms with Crippen molar-refractivity contribution in [1.29, 1.82) is 0 Å². The lowest BCUT2D eigenvalue weighted by atomic mass is 10.1. The van der Waals surface area contributed by atoms with E-state index in [1.807, 2.05) is 22.9 Å². The van der Waals surface area contributed by atoms with Crippen LogP contribution in [-0.2, 0) is 0 Å². The van der Waals surface area contributed by atoms with Crippen LogP contribution in [0.15, 0.2) is 34.9 Å². The lowest BCUT2D eigenvalue weighted by Crippen LogP contribution is -2.04. The maximum absolute atomic E-state index is 4.11. The zero-order chi connectivity index (χ0) is 10.8. The van der Waals surface area contributed by atoms with Crippen LogP contribution in [0.25, 0.3) is 11.3 Å². The van der Waals surface area contributed by atoms with E-state index in [-0.39, 0.29) is 0 Å². The van der Waals surface area contributed by atoms with Gasteiger partial charge in [-0.1, -0.05) is 35.5 Å². The maximum atomic E-state index is 4.11. The van der Waals surface area contributed by atoms with E-state index in [2.05, 4.69) is 52.2 Å². The van der Waals surface area contributed by atoms with E-state index >= 15 is 0 Å². The van der Waals surface area contributed by atoms with Crippen LogP contribution in [0, 0.1) is 0 Å². The van der Waals surface area contributed by atoms with E-state index in [9.17, 15) is 0 Å². The molecule has 0 atom stereocenters. The van der Waals surface area contributed by atoms with E-state index in [4.69, 9.17) is 0 Å². The molecule has 0 spiro atoms. The molecule has 0 radical (unpaired) electrons. The Balaban J connectivity index is 2.57. The minimum absolute atomic E-state index is 0.305. The molecule has 4 heteroatoms. The summed E-state index contributed by atoms with van der Waals surface area (Å²) in [6.07, 6.45) is 0. The molecular formula is C11H12BrN3. The summed E-state index contributed by atoms with van der Waals surface area (Å²) in [4.78, 5) is 0. The average Bonchev–Trinajstić information content (AvgIpc) is 2.61. The quantitative estimate of drug-likeness (QED) is 0.835. The van der Waals surface area contributed by atoms with Crippen molar-refractivity contribution in [2.45, 2.75) is 19.9 Å². The van der Waals surface area contributed by atoms with Crippen LogP contribution in [0.2, 0.25) is 0 Å². The van der Waals surface area contributed by atoms with Gasteiger partial charge in [0.05, 0.1) is 0 Å². The van der Waals surface area contributed by atoms with Crippen molar-refractivity contribution in [3.05, 3.63) is 34.9 Å². The standard InChI is InChI=1S/C11H12BrN3/c1-8(2)15-10(11(12)13-14-15)9-6-4-3-5-7-9/h3-8H,1-2H3. The molecule has 0 saturated heterocycles. The van der Waals surface area contributed by atoms with Crippen LogP contribution in [0.4, 0.5) is 0 Å². The minimum Gasteiger partial charge on any atom is -0.241 e. The number of halogens is 1. The summed E-state index contributed by atoms with van der Waals surface area (Å²) in [6, 6.07) is 10.4. The number of benzene rings is 1. The van der Waals surface area contributed by atoms with Crippen LogP contribution in [0.1, 0.15) is 19.9 Å². The molecular weight excluding hydrogens is 254 g/mol. The Morgan fingerprint density at radius 1 is 1.20 bits per heavy atom. The van der Waals surface area contributed by atoms with E-state index in [0.717, 1.165) is 15.9 Å². The van der Waals surface area contributed by atoms with Crippen molar-refractivity contribution in [1.82, 2.24) is 15.0 Å². The molecule has 0 unspecified atom stereocenters. The van der Waals surface area contributed by atoms with E-state index in [0.29, 0.717) is 6.04 Å². The first-order valence-electron chi connectivity index (χ1n) is 4.86. The van der Waals surface area contributed by atoms with E-state index in [1.165, 1.54) is 0 Å². The molecule has 0 aliphatic rings. The third-order valence-corrected chi connectivity index (χ3v) is 2.72. The van der Waals surface area contributed by atoms with Gasteiger partial charge in [-0.05, 0) is 29.8 Å². The number of hydrogen-bond acceptors (Lipinski definition) is 2. The summed E-state index contributed by atoms with van der Waals surface area (Å²) >= 11 is 3.43. The maximum Gasteiger partial charge on any atom is 0.156 e. The van der Waals surface area contributed by atoms with Gasteiger partial charge >= 0.3 is 0 Å². The number of rotatable bonds is 2. The van der Waals surface area contributed by atoms with Gasteiger partial charge in [0.1, 0.15) is 5.69 Å². The van der Waals surface area contributed by atoms with E-state index in [1.54, 1.807) is 0 Å². The summed E-state index contributed by atoms with van der Waals surface area (Å²) in [5, 5.41) is 8.16. The molecule has 15 heavy (non-hydrogen) atoms. The largest absolute Gasteiger partial charge is 0.241 e. The molecule has 1 aromatic carbocycles. The number of hydrogen-bond donors (Lipinski definition) is 0. The fourth-order valence-electron chi connectivity index (χ4n) is 1.48. The lowest BCUT2D eigenvalue weighted by molar-refractivity contribution is 0.519. The van der Waals surface area contributed by atoms with Crippen molar-refractivity contribution in [2.75, 3.05) is 0 Å². The number of aromatic nitrogens is 3. The van der Waals surface area contributed by atoms with Gasteiger partial charge in [0.25, 0.3) is 0 Å². The topological polar surface area (TPSA) is 30.7 Å². The molecule has 0 aliphatic carbocycles. The monoisotopic (exact) mass is 265 g/mol. The highest BCUT2D eigenvalue weighted by Gasteiger charge is 2.14. The summed E-state index contributed by atoms with van der Waals surface area (Å²) in [6.45, 7) is 4.18. The molecule has 0 bridgehead atoms. The van der Waals surface area contributed by atoms with Gasteiger partial charge in [0.15, 0.2) is 4.60 Å². The van der Waals surface area contributed by atoms with Gasteiger partial charge in [-0.2, -0.15) is 0 Å². The molecule has 0 aliphatic heterocycles. The molecule has 2 rings (SSSR count). The van der Waals surface area contributed by atoms with Crippen LogP contribution in [0.3, 0.4) is 0 Å². The molecule has 0 amide bonds. The molecule has 0 saturated carbocycles. The Bertz CT molecular complexity index is 448. The van der Waals surface area contributed by atoms with Crippen molar-refractivity contribution >= 4 is 15.9 Å². The Labute approximate surface area is 97.2 Å². The first-order valence-corrected chi connectivity index (χ1v) is 5.65. The third-order valence-electron chi connectivity index (χ3n) is 2.19. The molecule has 0 N–H and O–H groups in total. The SMILES string of the molecule is CC(C)n1nnc(Br)c1-c1ccccc1. The minimum atomic E-state index is 0.305. The highest BCUT2D eigenvalue weighted by molar-refractivity contribution is 9.10. The lowest BCUT2D eigenvalue weighted by Gasteiger charge is -2.09. The smallest absolute Gasteiger partial charge is 0.156 e. The van der Waals surface area contributed by atoms with Crippen LogP contribution in [-0.4, -0.2) is 15.0 Å². The first-order chi connectivity index (χ1) is 7.20. The molecule has 1 heterocycles. The van der Waals surface area contributed by atoms with Gasteiger partial charge in [0.2, 0.25) is 0 Å². The first kappa shape index (κ1) is 10.4. The molecule has 78 valence electrons. The van der Waals surface area contributed by atoms with Crippen molar-refractivity contribution < 1.29 is 0 Å². The highest BCUT2D eigenvalue weighted by Crippen LogP contribution is 2.27. The van der Waals surface area contributed by atoms with Crippen LogP contribution < -0.4 is 0 Å². The summed E-state index contributed by atoms with van der Waals surface area (Å²) in [5.41, 5.74) is 2.16. The Kier molecular flexibility index (Phi) is 2.86. The van der Waals surface area contributed by atoms with Gasteiger partial charge in [0, 0.05) is 11.6 Å². The predicted molar refractivity (Wildman–Crippen MR) is 63.5 cm³/mol. The Hall–Kier alpha value is -1.16. The fourth-order valence-corrected chi connectivity index (χ4v) is 1.96. The van der Waals surface area contributed by atoms with Gasteiger partial charge in [-0.3, -0.25) is 0 Å². The van der Waals surface area contributed by atoms with E-state index < -0.39 is 0 Å². The second kappa shape index (κ2) is 4.14. The zero-order valence-corrected chi connectivity index (χ0v) is 10.3. The molecule has 2 aromatic rings. The van der Waals surface area contributed by atoms with Gasteiger partial charge < -0.3 is 0 Å². The predicted octanol–water partition coefficient (Wildman–Crippen LogP) is 3.29. The summed E-state index contributed by atoms with van der Waals surface area (Å²) in [5.74, 6) is 0. The highest BCUT2D eigenvalue weighted by atomic mass is 79.9. The Morgan fingerprint density at radius 3 is 2.47 bits per heavy atom. The van der Waals surface area contributed by atoms with Gasteiger partial charge in [-0.15, -0.1) is 5.10 Å². The summed E-state index contributed by atoms with van der Waals surface area (Å²) in [7, 11) is 0. The second-order valence-electron chi connectivity index (χ2n) is 3.63. The third kappa shape index (κ3) is 1.95. The van der Waals surface area contributed by atoms with Crippen molar-refractivity contribution in [3.8, 4) is 11.3 Å². The fraction of sp³-hybridized carbons (Fsp3) is 0.273. The second-order valence-corrected chi connectivity index (χ2v) is 4.38. The number of nitrogens with zero attached hydrogens (tertiary/aromatic N) is 3. The van der Waals surface area contributed by atoms with Gasteiger partial charge in [-0.25, -0.2) is 4.68 Å². The zero-order valence-electron chi connectivity index (χ0n) is 8.68. The molecule has 0 fully saturated rings. The van der Waals surface area contributed by atoms with Crippen LogP contribution >= 0.6 is 15.9 Å². The Morgan fingerprint density at radius 2 is 1.87 bits per heavy atom. The molecule has 1 aromatic heterocycles. The molecule has 3 nitrogen and oxygen atoms in total. The average molecular weight is 266 g/mol. The van der Waals surface area contributed by atoms with Crippen LogP contribution in [0.5, 0.6) is 0 Å². The summed E-state index contributed by atoms with van der Waals surface area (Å²) < 4.78 is 2.71. The van der Waals surface area contributed by atoms with Crippen molar-refractivity contribution in [3.63, 3.8) is 0 Å². The van der Waals surface area contributed by atoms with Crippen molar-refractivity contribution in [2.24, 2.45) is 0 Å². The normalized spacial score (nSPS) is 10.9.